The van der Waals surface area contributed by atoms with Crippen LogP contribution in [0.25, 0.3) is 0 Å². The van der Waals surface area contributed by atoms with E-state index in [0.29, 0.717) is 13.1 Å². The fourth-order valence-corrected chi connectivity index (χ4v) is 1.32. The van der Waals surface area contributed by atoms with E-state index in [1.807, 2.05) is 27.0 Å². The molecule has 1 unspecified atom stereocenters. The molecule has 0 amide bonds. The van der Waals surface area contributed by atoms with Crippen molar-refractivity contribution in [2.75, 3.05) is 6.54 Å². The Morgan fingerprint density at radius 1 is 1.56 bits per heavy atom. The second kappa shape index (κ2) is 5.41. The molecule has 0 bridgehead atoms. The Kier molecular flexibility index (Phi) is 4.44. The maximum Gasteiger partial charge on any atom is 0.0838 e. The first-order chi connectivity index (χ1) is 7.45. The van der Waals surface area contributed by atoms with Gasteiger partial charge in [-0.3, -0.25) is 0 Å². The third-order valence-electron chi connectivity index (χ3n) is 2.95. The molecule has 92 valence electrons. The lowest BCUT2D eigenvalue weighted by Crippen LogP contribution is -2.36. The minimum absolute atomic E-state index is 0.184. The van der Waals surface area contributed by atoms with Gasteiger partial charge in [-0.2, -0.15) is 0 Å². The van der Waals surface area contributed by atoms with Gasteiger partial charge in [0.05, 0.1) is 17.8 Å². The number of nitrogens with zero attached hydrogens (tertiary/aromatic N) is 3. The Hall–Kier alpha value is -0.940. The molecule has 0 aliphatic rings. The fraction of sp³-hybridized carbons (Fsp3) is 0.818. The van der Waals surface area contributed by atoms with E-state index >= 15 is 0 Å². The van der Waals surface area contributed by atoms with Gasteiger partial charge in [-0.25, -0.2) is 4.68 Å². The number of hydrogen-bond acceptors (Lipinski definition) is 4. The molecule has 0 radical (unpaired) electrons. The number of nitrogens with two attached hydrogens (primary N) is 1. The van der Waals surface area contributed by atoms with Crippen LogP contribution in [0.5, 0.6) is 0 Å². The molecule has 1 rings (SSSR count). The summed E-state index contributed by atoms with van der Waals surface area (Å²) < 4.78 is 1.70. The topological polar surface area (TPSA) is 77.0 Å². The summed E-state index contributed by atoms with van der Waals surface area (Å²) in [5.41, 5.74) is 5.61. The molecule has 1 aromatic rings. The van der Waals surface area contributed by atoms with Crippen molar-refractivity contribution in [1.82, 2.24) is 15.0 Å². The summed E-state index contributed by atoms with van der Waals surface area (Å²) in [4.78, 5) is 0. The summed E-state index contributed by atoms with van der Waals surface area (Å²) in [6.45, 7) is 6.94. The fourth-order valence-electron chi connectivity index (χ4n) is 1.32. The van der Waals surface area contributed by atoms with E-state index in [1.165, 1.54) is 0 Å². The zero-order valence-corrected chi connectivity index (χ0v) is 10.3. The van der Waals surface area contributed by atoms with E-state index in [2.05, 4.69) is 10.3 Å². The zero-order valence-electron chi connectivity index (χ0n) is 10.3. The van der Waals surface area contributed by atoms with Crippen molar-refractivity contribution in [2.24, 2.45) is 11.7 Å². The molecule has 0 fully saturated rings. The monoisotopic (exact) mass is 226 g/mol. The highest BCUT2D eigenvalue weighted by atomic mass is 16.3. The summed E-state index contributed by atoms with van der Waals surface area (Å²) in [5, 5.41) is 18.2. The molecule has 0 saturated carbocycles. The maximum atomic E-state index is 10.1. The molecule has 1 atom stereocenters. The van der Waals surface area contributed by atoms with E-state index in [9.17, 15) is 5.11 Å². The summed E-state index contributed by atoms with van der Waals surface area (Å²) in [5.74, 6) is 0.184. The Bertz CT molecular complexity index is 320. The Labute approximate surface area is 96.6 Å². The SMILES string of the molecule is CC(C)C(C)(O)Cn1cc(CCCN)nn1. The Morgan fingerprint density at radius 2 is 2.25 bits per heavy atom. The first-order valence-corrected chi connectivity index (χ1v) is 5.77. The molecule has 3 N–H and O–H groups in total. The molecule has 0 spiro atoms. The molecular formula is C11H22N4O. The molecule has 0 aromatic carbocycles. The van der Waals surface area contributed by atoms with Gasteiger partial charge in [-0.05, 0) is 32.2 Å². The largest absolute Gasteiger partial charge is 0.388 e. The first kappa shape index (κ1) is 13.1. The van der Waals surface area contributed by atoms with Gasteiger partial charge in [-0.1, -0.05) is 19.1 Å². The highest BCUT2D eigenvalue weighted by Crippen LogP contribution is 2.17. The van der Waals surface area contributed by atoms with Crippen molar-refractivity contribution < 1.29 is 5.11 Å². The van der Waals surface area contributed by atoms with Crippen molar-refractivity contribution >= 4 is 0 Å². The Balaban J connectivity index is 2.58. The van der Waals surface area contributed by atoms with E-state index in [1.54, 1.807) is 4.68 Å². The van der Waals surface area contributed by atoms with Crippen molar-refractivity contribution in [2.45, 2.75) is 45.8 Å². The molecule has 5 nitrogen and oxygen atoms in total. The van der Waals surface area contributed by atoms with Crippen LogP contribution in [-0.2, 0) is 13.0 Å². The summed E-state index contributed by atoms with van der Waals surface area (Å²) in [7, 11) is 0. The van der Waals surface area contributed by atoms with E-state index in [4.69, 9.17) is 5.73 Å². The van der Waals surface area contributed by atoms with Crippen LogP contribution in [0.2, 0.25) is 0 Å². The highest BCUT2D eigenvalue weighted by Gasteiger charge is 2.25. The summed E-state index contributed by atoms with van der Waals surface area (Å²) >= 11 is 0. The smallest absolute Gasteiger partial charge is 0.0838 e. The average molecular weight is 226 g/mol. The van der Waals surface area contributed by atoms with E-state index in [-0.39, 0.29) is 5.92 Å². The third kappa shape index (κ3) is 3.57. The Morgan fingerprint density at radius 3 is 2.81 bits per heavy atom. The standard InChI is InChI=1S/C11H22N4O/c1-9(2)11(3,16)8-15-7-10(13-14-15)5-4-6-12/h7,9,16H,4-6,8,12H2,1-3H3. The molecular weight excluding hydrogens is 204 g/mol. The van der Waals surface area contributed by atoms with Gasteiger partial charge in [0, 0.05) is 6.20 Å². The van der Waals surface area contributed by atoms with Crippen LogP contribution in [0.1, 0.15) is 32.9 Å². The van der Waals surface area contributed by atoms with Crippen molar-refractivity contribution in [3.8, 4) is 0 Å². The lowest BCUT2D eigenvalue weighted by Gasteiger charge is -2.26. The normalized spacial score (nSPS) is 15.4. The zero-order chi connectivity index (χ0) is 12.2. The minimum atomic E-state index is -0.751. The van der Waals surface area contributed by atoms with E-state index < -0.39 is 5.60 Å². The van der Waals surface area contributed by atoms with Crippen molar-refractivity contribution in [3.63, 3.8) is 0 Å². The quantitative estimate of drug-likeness (QED) is 0.743. The highest BCUT2D eigenvalue weighted by molar-refractivity contribution is 4.93. The molecule has 0 saturated heterocycles. The van der Waals surface area contributed by atoms with Gasteiger partial charge in [0.2, 0.25) is 0 Å². The van der Waals surface area contributed by atoms with Gasteiger partial charge in [0.25, 0.3) is 0 Å². The number of hydrogen-bond donors (Lipinski definition) is 2. The van der Waals surface area contributed by atoms with Crippen LogP contribution in [0.15, 0.2) is 6.20 Å². The van der Waals surface area contributed by atoms with Crippen LogP contribution in [0.4, 0.5) is 0 Å². The summed E-state index contributed by atoms with van der Waals surface area (Å²) in [6, 6.07) is 0. The van der Waals surface area contributed by atoms with Crippen LogP contribution in [0, 0.1) is 5.92 Å². The van der Waals surface area contributed by atoms with Gasteiger partial charge in [0.15, 0.2) is 0 Å². The predicted molar refractivity (Wildman–Crippen MR) is 62.9 cm³/mol. The van der Waals surface area contributed by atoms with Crippen LogP contribution in [0.3, 0.4) is 0 Å². The molecule has 0 aliphatic heterocycles. The van der Waals surface area contributed by atoms with Crippen molar-refractivity contribution in [3.05, 3.63) is 11.9 Å². The summed E-state index contributed by atoms with van der Waals surface area (Å²) in [6.07, 6.45) is 3.64. The van der Waals surface area contributed by atoms with Crippen LogP contribution in [-0.4, -0.2) is 32.2 Å². The molecule has 0 aliphatic carbocycles. The second-order valence-corrected chi connectivity index (χ2v) is 4.81. The maximum absolute atomic E-state index is 10.1. The minimum Gasteiger partial charge on any atom is -0.388 e. The number of aromatic nitrogens is 3. The van der Waals surface area contributed by atoms with Crippen LogP contribution < -0.4 is 5.73 Å². The molecule has 5 heteroatoms. The van der Waals surface area contributed by atoms with Gasteiger partial charge >= 0.3 is 0 Å². The number of aryl methyl sites for hydroxylation is 1. The van der Waals surface area contributed by atoms with E-state index in [0.717, 1.165) is 18.5 Å². The van der Waals surface area contributed by atoms with Gasteiger partial charge in [-0.15, -0.1) is 5.10 Å². The van der Waals surface area contributed by atoms with Crippen molar-refractivity contribution in [1.29, 1.82) is 0 Å². The molecule has 1 heterocycles. The van der Waals surface area contributed by atoms with Gasteiger partial charge < -0.3 is 10.8 Å². The first-order valence-electron chi connectivity index (χ1n) is 5.77. The third-order valence-corrected chi connectivity index (χ3v) is 2.95. The second-order valence-electron chi connectivity index (χ2n) is 4.81. The lowest BCUT2D eigenvalue weighted by molar-refractivity contribution is -0.00611. The number of aliphatic hydroxyl groups is 1. The lowest BCUT2D eigenvalue weighted by atomic mass is 9.93. The average Bonchev–Trinajstić information content (AvgIpc) is 2.61. The molecule has 16 heavy (non-hydrogen) atoms. The molecule has 1 aromatic heterocycles. The van der Waals surface area contributed by atoms with Crippen LogP contribution >= 0.6 is 0 Å². The van der Waals surface area contributed by atoms with Gasteiger partial charge in [0.1, 0.15) is 0 Å². The number of rotatable bonds is 6. The predicted octanol–water partition coefficient (Wildman–Crippen LogP) is 0.576.